The molecule has 4 nitrogen and oxygen atoms in total. The fourth-order valence-electron chi connectivity index (χ4n) is 2.03. The molecule has 0 unspecified atom stereocenters. The lowest BCUT2D eigenvalue weighted by atomic mass is 10.0. The molecule has 17 heavy (non-hydrogen) atoms. The fraction of sp³-hybridized carbons (Fsp3) is 0.769. The molecule has 1 rings (SSSR count). The van der Waals surface area contributed by atoms with Gasteiger partial charge in [0.05, 0.1) is 0 Å². The zero-order valence-corrected chi connectivity index (χ0v) is 11.0. The van der Waals surface area contributed by atoms with E-state index in [9.17, 15) is 4.79 Å². The number of piperidine rings is 1. The van der Waals surface area contributed by atoms with Crippen molar-refractivity contribution in [2.45, 2.75) is 39.2 Å². The highest BCUT2D eigenvalue weighted by molar-refractivity contribution is 5.73. The Bertz CT molecular complexity index is 264. The van der Waals surface area contributed by atoms with Crippen molar-refractivity contribution >= 4 is 5.91 Å². The average Bonchev–Trinajstić information content (AvgIpc) is 2.27. The van der Waals surface area contributed by atoms with E-state index in [1.807, 2.05) is 0 Å². The minimum Gasteiger partial charge on any atom is -0.370 e. The van der Waals surface area contributed by atoms with Crippen LogP contribution in [0.4, 0.5) is 0 Å². The molecule has 1 amide bonds. The Morgan fingerprint density at radius 3 is 2.59 bits per heavy atom. The van der Waals surface area contributed by atoms with Crippen molar-refractivity contribution in [2.24, 2.45) is 5.73 Å². The number of allylic oxidation sites excluding steroid dienone is 1. The first-order chi connectivity index (χ1) is 8.08. The van der Waals surface area contributed by atoms with Crippen molar-refractivity contribution in [1.29, 1.82) is 0 Å². The minimum absolute atomic E-state index is 0.224. The number of likely N-dealkylation sites (tertiary alicyclic amines) is 1. The summed E-state index contributed by atoms with van der Waals surface area (Å²) < 4.78 is 0. The van der Waals surface area contributed by atoms with Gasteiger partial charge in [-0.2, -0.15) is 0 Å². The number of nitrogens with two attached hydrogens (primary N) is 1. The second-order valence-corrected chi connectivity index (χ2v) is 5.03. The molecule has 1 aliphatic rings. The summed E-state index contributed by atoms with van der Waals surface area (Å²) in [6.07, 6.45) is 5.05. The maximum atomic E-state index is 10.6. The summed E-state index contributed by atoms with van der Waals surface area (Å²) in [7, 11) is 0. The molecular formula is C13H25N3O. The van der Waals surface area contributed by atoms with E-state index in [0.29, 0.717) is 19.0 Å². The molecule has 4 heteroatoms. The molecule has 0 spiro atoms. The van der Waals surface area contributed by atoms with Gasteiger partial charge < -0.3 is 11.1 Å². The lowest BCUT2D eigenvalue weighted by molar-refractivity contribution is -0.117. The van der Waals surface area contributed by atoms with Crippen LogP contribution in [0.2, 0.25) is 0 Å². The second-order valence-electron chi connectivity index (χ2n) is 5.03. The number of hydrogen-bond donors (Lipinski definition) is 2. The molecule has 0 atom stereocenters. The molecule has 1 saturated heterocycles. The standard InChI is InChI=1S/C13H25N3O/c1-11(2)4-8-16-9-5-12(6-10-16)15-7-3-13(14)17/h4,12,15H,3,5-10H2,1-2H3,(H2,14,17). The SMILES string of the molecule is CC(C)=CCN1CCC(NCCC(N)=O)CC1. The van der Waals surface area contributed by atoms with Gasteiger partial charge in [-0.3, -0.25) is 9.69 Å². The van der Waals surface area contributed by atoms with Gasteiger partial charge in [-0.1, -0.05) is 11.6 Å². The Balaban J connectivity index is 2.13. The number of nitrogens with zero attached hydrogens (tertiary/aromatic N) is 1. The smallest absolute Gasteiger partial charge is 0.218 e. The van der Waals surface area contributed by atoms with E-state index in [2.05, 4.69) is 30.1 Å². The molecule has 0 saturated carbocycles. The molecule has 0 aromatic rings. The van der Waals surface area contributed by atoms with Crippen LogP contribution in [0, 0.1) is 0 Å². The summed E-state index contributed by atoms with van der Waals surface area (Å²) in [6.45, 7) is 8.33. The van der Waals surface area contributed by atoms with Crippen molar-refractivity contribution in [3.05, 3.63) is 11.6 Å². The molecule has 0 radical (unpaired) electrons. The number of carbonyl (C=O) groups is 1. The zero-order chi connectivity index (χ0) is 12.7. The third-order valence-electron chi connectivity index (χ3n) is 3.15. The number of nitrogens with one attached hydrogen (secondary N) is 1. The number of primary amides is 1. The number of amides is 1. The van der Waals surface area contributed by atoms with Crippen LogP contribution in [-0.4, -0.2) is 43.0 Å². The molecule has 0 bridgehead atoms. The topological polar surface area (TPSA) is 58.4 Å². The van der Waals surface area contributed by atoms with Crippen molar-refractivity contribution in [1.82, 2.24) is 10.2 Å². The lowest BCUT2D eigenvalue weighted by Gasteiger charge is -2.31. The summed E-state index contributed by atoms with van der Waals surface area (Å²) >= 11 is 0. The molecule has 0 aromatic carbocycles. The zero-order valence-electron chi connectivity index (χ0n) is 11.0. The summed E-state index contributed by atoms with van der Waals surface area (Å²) in [6, 6.07) is 0.553. The molecule has 1 heterocycles. The Kier molecular flexibility index (Phi) is 6.22. The third kappa shape index (κ3) is 6.44. The van der Waals surface area contributed by atoms with Gasteiger partial charge in [-0.05, 0) is 39.8 Å². The monoisotopic (exact) mass is 239 g/mol. The predicted octanol–water partition coefficient (Wildman–Crippen LogP) is 0.882. The predicted molar refractivity (Wildman–Crippen MR) is 70.7 cm³/mol. The Labute approximate surface area is 104 Å². The fourth-order valence-corrected chi connectivity index (χ4v) is 2.03. The maximum Gasteiger partial charge on any atom is 0.218 e. The van der Waals surface area contributed by atoms with Gasteiger partial charge in [0.1, 0.15) is 0 Å². The number of rotatable bonds is 6. The second kappa shape index (κ2) is 7.45. The maximum absolute atomic E-state index is 10.6. The first-order valence-electron chi connectivity index (χ1n) is 6.45. The van der Waals surface area contributed by atoms with Gasteiger partial charge in [0.2, 0.25) is 5.91 Å². The van der Waals surface area contributed by atoms with E-state index in [0.717, 1.165) is 32.5 Å². The molecule has 1 aliphatic heterocycles. The van der Waals surface area contributed by atoms with Crippen LogP contribution >= 0.6 is 0 Å². The molecule has 98 valence electrons. The first-order valence-corrected chi connectivity index (χ1v) is 6.45. The van der Waals surface area contributed by atoms with Crippen LogP contribution in [0.5, 0.6) is 0 Å². The first kappa shape index (κ1) is 14.2. The minimum atomic E-state index is -0.224. The van der Waals surface area contributed by atoms with Gasteiger partial charge in [0.25, 0.3) is 0 Å². The van der Waals surface area contributed by atoms with E-state index in [4.69, 9.17) is 5.73 Å². The lowest BCUT2D eigenvalue weighted by Crippen LogP contribution is -2.43. The van der Waals surface area contributed by atoms with Gasteiger partial charge >= 0.3 is 0 Å². The van der Waals surface area contributed by atoms with Gasteiger partial charge in [0.15, 0.2) is 0 Å². The summed E-state index contributed by atoms with van der Waals surface area (Å²) in [5.41, 5.74) is 6.49. The highest BCUT2D eigenvalue weighted by Crippen LogP contribution is 2.10. The molecule has 0 aromatic heterocycles. The van der Waals surface area contributed by atoms with Crippen molar-refractivity contribution < 1.29 is 4.79 Å². The van der Waals surface area contributed by atoms with Crippen molar-refractivity contribution in [2.75, 3.05) is 26.2 Å². The van der Waals surface area contributed by atoms with Crippen LogP contribution < -0.4 is 11.1 Å². The van der Waals surface area contributed by atoms with Crippen LogP contribution in [-0.2, 0) is 4.79 Å². The third-order valence-corrected chi connectivity index (χ3v) is 3.15. The number of hydrogen-bond acceptors (Lipinski definition) is 3. The molecule has 3 N–H and O–H groups in total. The van der Waals surface area contributed by atoms with E-state index in [1.54, 1.807) is 0 Å². The van der Waals surface area contributed by atoms with Crippen molar-refractivity contribution in [3.8, 4) is 0 Å². The normalized spacial score (nSPS) is 18.0. The highest BCUT2D eigenvalue weighted by Gasteiger charge is 2.17. The highest BCUT2D eigenvalue weighted by atomic mass is 16.1. The van der Waals surface area contributed by atoms with Crippen LogP contribution in [0.3, 0.4) is 0 Å². The van der Waals surface area contributed by atoms with Crippen molar-refractivity contribution in [3.63, 3.8) is 0 Å². The van der Waals surface area contributed by atoms with Crippen LogP contribution in [0.1, 0.15) is 33.1 Å². The average molecular weight is 239 g/mol. The van der Waals surface area contributed by atoms with E-state index in [-0.39, 0.29) is 5.91 Å². The van der Waals surface area contributed by atoms with E-state index in [1.165, 1.54) is 5.57 Å². The molecule has 1 fully saturated rings. The van der Waals surface area contributed by atoms with Gasteiger partial charge in [-0.25, -0.2) is 0 Å². The van der Waals surface area contributed by atoms with Crippen LogP contribution in [0.15, 0.2) is 11.6 Å². The Morgan fingerprint density at radius 2 is 2.06 bits per heavy atom. The number of carbonyl (C=O) groups excluding carboxylic acids is 1. The van der Waals surface area contributed by atoms with Gasteiger partial charge in [-0.15, -0.1) is 0 Å². The van der Waals surface area contributed by atoms with E-state index >= 15 is 0 Å². The van der Waals surface area contributed by atoms with E-state index < -0.39 is 0 Å². The summed E-state index contributed by atoms with van der Waals surface area (Å²) in [5, 5.41) is 3.40. The van der Waals surface area contributed by atoms with Gasteiger partial charge in [0, 0.05) is 25.6 Å². The van der Waals surface area contributed by atoms with Crippen LogP contribution in [0.25, 0.3) is 0 Å². The summed E-state index contributed by atoms with van der Waals surface area (Å²) in [5.74, 6) is -0.224. The Morgan fingerprint density at radius 1 is 1.41 bits per heavy atom. The quantitative estimate of drug-likeness (QED) is 0.677. The molecule has 0 aliphatic carbocycles. The Hall–Kier alpha value is -0.870. The molecular weight excluding hydrogens is 214 g/mol. The summed E-state index contributed by atoms with van der Waals surface area (Å²) in [4.78, 5) is 13.1. The largest absolute Gasteiger partial charge is 0.370 e.